The second kappa shape index (κ2) is 5.14. The molecular weight excluding hydrogens is 294 g/mol. The van der Waals surface area contributed by atoms with Crippen molar-refractivity contribution in [3.63, 3.8) is 0 Å². The van der Waals surface area contributed by atoms with Crippen LogP contribution >= 0.6 is 11.3 Å². The molecule has 1 heterocycles. The van der Waals surface area contributed by atoms with Crippen LogP contribution in [0.2, 0.25) is 0 Å². The van der Waals surface area contributed by atoms with Crippen molar-refractivity contribution >= 4 is 38.7 Å². The number of hydrogen-bond acceptors (Lipinski definition) is 3. The first-order chi connectivity index (χ1) is 10.0. The third-order valence-electron chi connectivity index (χ3n) is 2.96. The zero-order valence-corrected chi connectivity index (χ0v) is 11.5. The molecular formula is C15H10F2N2OS. The molecule has 106 valence electrons. The Morgan fingerprint density at radius 1 is 1.10 bits per heavy atom. The highest BCUT2D eigenvalue weighted by Gasteiger charge is 2.11. The van der Waals surface area contributed by atoms with Crippen molar-refractivity contribution in [2.45, 2.75) is 0 Å². The second-order valence-corrected chi connectivity index (χ2v) is 5.57. The molecule has 0 spiro atoms. The fraction of sp³-hybridized carbons (Fsp3) is 0. The van der Waals surface area contributed by atoms with Crippen LogP contribution in [0.1, 0.15) is 9.67 Å². The number of nitrogen functional groups attached to an aromatic ring is 1. The SMILES string of the molecule is Nc1cc(NC(=O)c2cc3ccc(F)cc3s2)ccc1F. The monoisotopic (exact) mass is 304 g/mol. The topological polar surface area (TPSA) is 55.1 Å². The summed E-state index contributed by atoms with van der Waals surface area (Å²) in [5.41, 5.74) is 5.82. The molecule has 0 aliphatic rings. The summed E-state index contributed by atoms with van der Waals surface area (Å²) in [7, 11) is 0. The molecule has 0 radical (unpaired) electrons. The molecule has 3 nitrogen and oxygen atoms in total. The van der Waals surface area contributed by atoms with Crippen molar-refractivity contribution in [3.8, 4) is 0 Å². The molecule has 0 fully saturated rings. The lowest BCUT2D eigenvalue weighted by molar-refractivity contribution is 0.103. The lowest BCUT2D eigenvalue weighted by atomic mass is 10.2. The van der Waals surface area contributed by atoms with Gasteiger partial charge in [-0.3, -0.25) is 4.79 Å². The van der Waals surface area contributed by atoms with Crippen LogP contribution in [0.4, 0.5) is 20.2 Å². The van der Waals surface area contributed by atoms with E-state index in [0.717, 1.165) is 5.39 Å². The molecule has 21 heavy (non-hydrogen) atoms. The molecule has 3 N–H and O–H groups in total. The zero-order valence-electron chi connectivity index (χ0n) is 10.7. The molecule has 3 aromatic rings. The van der Waals surface area contributed by atoms with E-state index in [9.17, 15) is 13.6 Å². The minimum absolute atomic E-state index is 0.0359. The first-order valence-electron chi connectivity index (χ1n) is 6.08. The Bertz CT molecular complexity index is 845. The van der Waals surface area contributed by atoms with Crippen LogP contribution in [-0.4, -0.2) is 5.91 Å². The van der Waals surface area contributed by atoms with Crippen LogP contribution in [0.25, 0.3) is 10.1 Å². The van der Waals surface area contributed by atoms with E-state index in [0.29, 0.717) is 15.3 Å². The number of fused-ring (bicyclic) bond motifs is 1. The highest BCUT2D eigenvalue weighted by Crippen LogP contribution is 2.27. The Hall–Kier alpha value is -2.47. The van der Waals surface area contributed by atoms with Crippen LogP contribution in [0.15, 0.2) is 42.5 Å². The number of nitrogens with one attached hydrogen (secondary N) is 1. The third-order valence-corrected chi connectivity index (χ3v) is 4.06. The third kappa shape index (κ3) is 2.71. The van der Waals surface area contributed by atoms with E-state index in [2.05, 4.69) is 5.32 Å². The van der Waals surface area contributed by atoms with Crippen LogP contribution in [0.5, 0.6) is 0 Å². The number of carbonyl (C=O) groups is 1. The Labute approximate surface area is 123 Å². The van der Waals surface area contributed by atoms with Crippen molar-refractivity contribution in [2.75, 3.05) is 11.1 Å². The molecule has 2 aromatic carbocycles. The summed E-state index contributed by atoms with van der Waals surface area (Å²) in [5.74, 6) is -1.23. The Morgan fingerprint density at radius 2 is 1.90 bits per heavy atom. The number of hydrogen-bond donors (Lipinski definition) is 2. The molecule has 0 bridgehead atoms. The van der Waals surface area contributed by atoms with Crippen molar-refractivity contribution in [3.05, 3.63) is 59.0 Å². The van der Waals surface area contributed by atoms with E-state index in [1.807, 2.05) is 0 Å². The smallest absolute Gasteiger partial charge is 0.265 e. The van der Waals surface area contributed by atoms with Gasteiger partial charge in [0, 0.05) is 10.4 Å². The average molecular weight is 304 g/mol. The molecule has 0 saturated heterocycles. The quantitative estimate of drug-likeness (QED) is 0.703. The lowest BCUT2D eigenvalue weighted by Crippen LogP contribution is -2.10. The maximum atomic E-state index is 13.1. The summed E-state index contributed by atoms with van der Waals surface area (Å²) < 4.78 is 26.9. The van der Waals surface area contributed by atoms with Gasteiger partial charge in [0.25, 0.3) is 5.91 Å². The fourth-order valence-electron chi connectivity index (χ4n) is 1.93. The van der Waals surface area contributed by atoms with Gasteiger partial charge in [-0.1, -0.05) is 6.07 Å². The minimum Gasteiger partial charge on any atom is -0.396 e. The maximum Gasteiger partial charge on any atom is 0.265 e. The van der Waals surface area contributed by atoms with Crippen LogP contribution in [0.3, 0.4) is 0 Å². The van der Waals surface area contributed by atoms with E-state index < -0.39 is 5.82 Å². The normalized spacial score (nSPS) is 10.8. The van der Waals surface area contributed by atoms with Crippen molar-refractivity contribution in [1.29, 1.82) is 0 Å². The lowest BCUT2D eigenvalue weighted by Gasteiger charge is -2.04. The molecule has 0 unspecified atom stereocenters. The Balaban J connectivity index is 1.87. The number of amides is 1. The van der Waals surface area contributed by atoms with Gasteiger partial charge in [-0.25, -0.2) is 8.78 Å². The molecule has 3 rings (SSSR count). The molecule has 6 heteroatoms. The summed E-state index contributed by atoms with van der Waals surface area (Å²) >= 11 is 1.19. The fourth-order valence-corrected chi connectivity index (χ4v) is 2.91. The molecule has 0 atom stereocenters. The predicted molar refractivity (Wildman–Crippen MR) is 80.5 cm³/mol. The van der Waals surface area contributed by atoms with Gasteiger partial charge in [0.15, 0.2) is 0 Å². The summed E-state index contributed by atoms with van der Waals surface area (Å²) in [6.07, 6.45) is 0. The van der Waals surface area contributed by atoms with E-state index >= 15 is 0 Å². The number of nitrogens with two attached hydrogens (primary N) is 1. The first kappa shape index (κ1) is 13.5. The zero-order chi connectivity index (χ0) is 15.0. The minimum atomic E-state index is -0.537. The summed E-state index contributed by atoms with van der Waals surface area (Å²) in [5, 5.41) is 3.43. The molecule has 0 saturated carbocycles. The van der Waals surface area contributed by atoms with Gasteiger partial charge >= 0.3 is 0 Å². The van der Waals surface area contributed by atoms with Crippen LogP contribution in [0, 0.1) is 11.6 Å². The van der Waals surface area contributed by atoms with E-state index in [-0.39, 0.29) is 17.4 Å². The molecule has 1 aromatic heterocycles. The Kier molecular flexibility index (Phi) is 3.31. The van der Waals surface area contributed by atoms with Gasteiger partial charge in [-0.05, 0) is 41.8 Å². The van der Waals surface area contributed by atoms with Gasteiger partial charge in [-0.2, -0.15) is 0 Å². The van der Waals surface area contributed by atoms with E-state index in [1.54, 1.807) is 12.1 Å². The van der Waals surface area contributed by atoms with Crippen molar-refractivity contribution in [1.82, 2.24) is 0 Å². The molecule has 0 aliphatic heterocycles. The average Bonchev–Trinajstić information content (AvgIpc) is 2.86. The van der Waals surface area contributed by atoms with Gasteiger partial charge in [0.2, 0.25) is 0 Å². The maximum absolute atomic E-state index is 13.1. The van der Waals surface area contributed by atoms with E-state index in [1.165, 1.54) is 41.7 Å². The van der Waals surface area contributed by atoms with Crippen LogP contribution < -0.4 is 11.1 Å². The number of thiophene rings is 1. The highest BCUT2D eigenvalue weighted by molar-refractivity contribution is 7.20. The van der Waals surface area contributed by atoms with Gasteiger partial charge in [0.1, 0.15) is 11.6 Å². The molecule has 0 aliphatic carbocycles. The number of anilines is 2. The predicted octanol–water partition coefficient (Wildman–Crippen LogP) is 4.01. The summed E-state index contributed by atoms with van der Waals surface area (Å²) in [4.78, 5) is 12.6. The summed E-state index contributed by atoms with van der Waals surface area (Å²) in [6.45, 7) is 0. The van der Waals surface area contributed by atoms with E-state index in [4.69, 9.17) is 5.73 Å². The van der Waals surface area contributed by atoms with Gasteiger partial charge in [-0.15, -0.1) is 11.3 Å². The molecule has 1 amide bonds. The van der Waals surface area contributed by atoms with Crippen LogP contribution in [-0.2, 0) is 0 Å². The standard InChI is InChI=1S/C15H10F2N2OS/c16-9-2-1-8-5-14(21-13(8)6-9)15(20)19-10-3-4-11(17)12(18)7-10/h1-7H,18H2,(H,19,20). The number of rotatable bonds is 2. The number of halogens is 2. The first-order valence-corrected chi connectivity index (χ1v) is 6.90. The van der Waals surface area contributed by atoms with Gasteiger partial charge < -0.3 is 11.1 Å². The van der Waals surface area contributed by atoms with Crippen molar-refractivity contribution < 1.29 is 13.6 Å². The number of carbonyl (C=O) groups excluding carboxylic acids is 1. The summed E-state index contributed by atoms with van der Waals surface area (Å²) in [6, 6.07) is 9.99. The largest absolute Gasteiger partial charge is 0.396 e. The second-order valence-electron chi connectivity index (χ2n) is 4.48. The van der Waals surface area contributed by atoms with Crippen molar-refractivity contribution in [2.24, 2.45) is 0 Å². The highest BCUT2D eigenvalue weighted by atomic mass is 32.1. The Morgan fingerprint density at radius 3 is 2.67 bits per heavy atom. The number of benzene rings is 2. The van der Waals surface area contributed by atoms with Gasteiger partial charge in [0.05, 0.1) is 10.6 Å².